The number of hydrogen-bond donors (Lipinski definition) is 1. The SMILES string of the molecule is CNc1ccc(-c2ccc(F)cc2F)cc1. The standard InChI is InChI=1S/C13H11F2N/c1-16-11-5-2-9(3-6-11)12-7-4-10(14)8-13(12)15/h2-8,16H,1H3. The zero-order valence-electron chi connectivity index (χ0n) is 8.80. The van der Waals surface area contributed by atoms with Crippen molar-refractivity contribution in [2.75, 3.05) is 12.4 Å². The Hall–Kier alpha value is -1.90. The second-order valence-electron chi connectivity index (χ2n) is 3.45. The van der Waals surface area contributed by atoms with Gasteiger partial charge in [0.2, 0.25) is 0 Å². The average molecular weight is 219 g/mol. The molecule has 0 unspecified atom stereocenters. The van der Waals surface area contributed by atoms with Crippen molar-refractivity contribution in [3.63, 3.8) is 0 Å². The number of halogens is 2. The molecule has 16 heavy (non-hydrogen) atoms. The van der Waals surface area contributed by atoms with Gasteiger partial charge in [0.1, 0.15) is 11.6 Å². The van der Waals surface area contributed by atoms with Crippen molar-refractivity contribution in [1.82, 2.24) is 0 Å². The van der Waals surface area contributed by atoms with Gasteiger partial charge in [0.05, 0.1) is 0 Å². The summed E-state index contributed by atoms with van der Waals surface area (Å²) in [7, 11) is 1.81. The smallest absolute Gasteiger partial charge is 0.133 e. The maximum atomic E-state index is 13.5. The molecule has 0 aliphatic rings. The van der Waals surface area contributed by atoms with Crippen LogP contribution >= 0.6 is 0 Å². The first kappa shape index (κ1) is 10.6. The van der Waals surface area contributed by atoms with Crippen LogP contribution < -0.4 is 5.32 Å². The molecular formula is C13H11F2N. The van der Waals surface area contributed by atoms with Gasteiger partial charge in [-0.1, -0.05) is 12.1 Å². The summed E-state index contributed by atoms with van der Waals surface area (Å²) in [6.45, 7) is 0. The van der Waals surface area contributed by atoms with Crippen LogP contribution in [0.25, 0.3) is 11.1 Å². The molecule has 0 aliphatic heterocycles. The Morgan fingerprint density at radius 2 is 1.62 bits per heavy atom. The first-order valence-corrected chi connectivity index (χ1v) is 4.94. The van der Waals surface area contributed by atoms with E-state index in [0.717, 1.165) is 17.3 Å². The molecule has 2 rings (SSSR count). The van der Waals surface area contributed by atoms with E-state index in [-0.39, 0.29) is 0 Å². The van der Waals surface area contributed by atoms with Crippen LogP contribution in [0.1, 0.15) is 0 Å². The van der Waals surface area contributed by atoms with Gasteiger partial charge in [-0.3, -0.25) is 0 Å². The van der Waals surface area contributed by atoms with Crippen LogP contribution in [-0.4, -0.2) is 7.05 Å². The Morgan fingerprint density at radius 1 is 0.938 bits per heavy atom. The summed E-state index contributed by atoms with van der Waals surface area (Å²) in [5.74, 6) is -1.11. The highest BCUT2D eigenvalue weighted by atomic mass is 19.1. The van der Waals surface area contributed by atoms with Gasteiger partial charge in [0.25, 0.3) is 0 Å². The third kappa shape index (κ3) is 2.03. The molecule has 82 valence electrons. The first-order valence-electron chi connectivity index (χ1n) is 4.94. The third-order valence-corrected chi connectivity index (χ3v) is 2.42. The van der Waals surface area contributed by atoms with E-state index < -0.39 is 11.6 Å². The van der Waals surface area contributed by atoms with E-state index in [1.54, 1.807) is 12.1 Å². The highest BCUT2D eigenvalue weighted by Crippen LogP contribution is 2.24. The first-order chi connectivity index (χ1) is 7.70. The average Bonchev–Trinajstić information content (AvgIpc) is 2.29. The molecule has 2 aromatic carbocycles. The third-order valence-electron chi connectivity index (χ3n) is 2.42. The van der Waals surface area contributed by atoms with Gasteiger partial charge in [-0.25, -0.2) is 8.78 Å². The van der Waals surface area contributed by atoms with Crippen LogP contribution in [0.3, 0.4) is 0 Å². The molecule has 0 fully saturated rings. The molecule has 0 aromatic heterocycles. The van der Waals surface area contributed by atoms with E-state index in [4.69, 9.17) is 0 Å². The zero-order chi connectivity index (χ0) is 11.5. The summed E-state index contributed by atoms with van der Waals surface area (Å²) in [5, 5.41) is 2.98. The molecule has 1 nitrogen and oxygen atoms in total. The second-order valence-corrected chi connectivity index (χ2v) is 3.45. The number of anilines is 1. The summed E-state index contributed by atoms with van der Waals surface area (Å²) in [6.07, 6.45) is 0. The lowest BCUT2D eigenvalue weighted by molar-refractivity contribution is 0.585. The lowest BCUT2D eigenvalue weighted by atomic mass is 10.0. The molecule has 0 bridgehead atoms. The van der Waals surface area contributed by atoms with E-state index in [2.05, 4.69) is 5.32 Å². The molecule has 0 saturated heterocycles. The van der Waals surface area contributed by atoms with Crippen molar-refractivity contribution in [3.05, 3.63) is 54.1 Å². The Bertz CT molecular complexity index is 492. The molecule has 2 aromatic rings. The van der Waals surface area contributed by atoms with E-state index >= 15 is 0 Å². The van der Waals surface area contributed by atoms with Gasteiger partial charge < -0.3 is 5.32 Å². The van der Waals surface area contributed by atoms with Gasteiger partial charge in [-0.05, 0) is 29.8 Å². The van der Waals surface area contributed by atoms with E-state index in [9.17, 15) is 8.78 Å². The quantitative estimate of drug-likeness (QED) is 0.812. The monoisotopic (exact) mass is 219 g/mol. The van der Waals surface area contributed by atoms with Crippen molar-refractivity contribution in [2.24, 2.45) is 0 Å². The Labute approximate surface area is 92.7 Å². The molecule has 3 heteroatoms. The van der Waals surface area contributed by atoms with Crippen molar-refractivity contribution < 1.29 is 8.78 Å². The summed E-state index contributed by atoms with van der Waals surface area (Å²) in [6, 6.07) is 10.9. The highest BCUT2D eigenvalue weighted by molar-refractivity contribution is 5.66. The fraction of sp³-hybridized carbons (Fsp3) is 0.0769. The predicted molar refractivity (Wildman–Crippen MR) is 61.3 cm³/mol. The van der Waals surface area contributed by atoms with Crippen molar-refractivity contribution >= 4 is 5.69 Å². The topological polar surface area (TPSA) is 12.0 Å². The summed E-state index contributed by atoms with van der Waals surface area (Å²) in [5.41, 5.74) is 2.09. The molecule has 0 saturated carbocycles. The Morgan fingerprint density at radius 3 is 2.19 bits per heavy atom. The summed E-state index contributed by atoms with van der Waals surface area (Å²) >= 11 is 0. The minimum absolute atomic E-state index is 0.407. The molecule has 0 atom stereocenters. The van der Waals surface area contributed by atoms with Crippen LogP contribution in [0, 0.1) is 11.6 Å². The van der Waals surface area contributed by atoms with Gasteiger partial charge in [0, 0.05) is 24.4 Å². The van der Waals surface area contributed by atoms with Gasteiger partial charge in [-0.15, -0.1) is 0 Å². The van der Waals surface area contributed by atoms with Crippen LogP contribution in [-0.2, 0) is 0 Å². The maximum absolute atomic E-state index is 13.5. The van der Waals surface area contributed by atoms with Gasteiger partial charge in [0.15, 0.2) is 0 Å². The summed E-state index contributed by atoms with van der Waals surface area (Å²) in [4.78, 5) is 0. The Balaban J connectivity index is 2.42. The Kier molecular flexibility index (Phi) is 2.86. The molecule has 0 radical (unpaired) electrons. The fourth-order valence-corrected chi connectivity index (χ4v) is 1.54. The molecule has 0 amide bonds. The molecular weight excluding hydrogens is 208 g/mol. The van der Waals surface area contributed by atoms with Crippen LogP contribution in [0.4, 0.5) is 14.5 Å². The molecule has 0 heterocycles. The fourth-order valence-electron chi connectivity index (χ4n) is 1.54. The lowest BCUT2D eigenvalue weighted by Gasteiger charge is -2.05. The summed E-state index contributed by atoms with van der Waals surface area (Å²) < 4.78 is 26.2. The molecule has 1 N–H and O–H groups in total. The van der Waals surface area contributed by atoms with Crippen LogP contribution in [0.5, 0.6) is 0 Å². The van der Waals surface area contributed by atoms with Crippen molar-refractivity contribution in [1.29, 1.82) is 0 Å². The number of benzene rings is 2. The number of hydrogen-bond acceptors (Lipinski definition) is 1. The van der Waals surface area contributed by atoms with E-state index in [1.807, 2.05) is 19.2 Å². The van der Waals surface area contributed by atoms with Gasteiger partial charge >= 0.3 is 0 Å². The van der Waals surface area contributed by atoms with Crippen molar-refractivity contribution in [2.45, 2.75) is 0 Å². The lowest BCUT2D eigenvalue weighted by Crippen LogP contribution is -1.89. The largest absolute Gasteiger partial charge is 0.388 e. The van der Waals surface area contributed by atoms with Gasteiger partial charge in [-0.2, -0.15) is 0 Å². The van der Waals surface area contributed by atoms with E-state index in [1.165, 1.54) is 12.1 Å². The number of nitrogens with one attached hydrogen (secondary N) is 1. The predicted octanol–water partition coefficient (Wildman–Crippen LogP) is 3.67. The molecule has 0 spiro atoms. The minimum atomic E-state index is -0.562. The second kappa shape index (κ2) is 4.31. The van der Waals surface area contributed by atoms with Crippen LogP contribution in [0.15, 0.2) is 42.5 Å². The zero-order valence-corrected chi connectivity index (χ0v) is 8.80. The molecule has 0 aliphatic carbocycles. The highest BCUT2D eigenvalue weighted by Gasteiger charge is 2.05. The van der Waals surface area contributed by atoms with Crippen molar-refractivity contribution in [3.8, 4) is 11.1 Å². The minimum Gasteiger partial charge on any atom is -0.388 e. The van der Waals surface area contributed by atoms with E-state index in [0.29, 0.717) is 5.56 Å². The normalized spacial score (nSPS) is 10.2. The van der Waals surface area contributed by atoms with Crippen LogP contribution in [0.2, 0.25) is 0 Å². The number of rotatable bonds is 2. The maximum Gasteiger partial charge on any atom is 0.133 e.